The van der Waals surface area contributed by atoms with Crippen LogP contribution in [0.5, 0.6) is 0 Å². The first-order chi connectivity index (χ1) is 13.0. The average Bonchev–Trinajstić information content (AvgIpc) is 2.59. The van der Waals surface area contributed by atoms with Gasteiger partial charge in [0, 0.05) is 12.0 Å². The molecule has 0 aliphatic heterocycles. The zero-order chi connectivity index (χ0) is 21.1. The average molecular weight is 411 g/mol. The summed E-state index contributed by atoms with van der Waals surface area (Å²) in [6.45, 7) is 8.16. The molecule has 7 heteroatoms. The zero-order valence-electron chi connectivity index (χ0n) is 16.8. The van der Waals surface area contributed by atoms with Crippen LogP contribution in [0.2, 0.25) is 0 Å². The second-order valence-corrected chi connectivity index (χ2v) is 8.87. The van der Waals surface area contributed by atoms with E-state index in [4.69, 9.17) is 13.8 Å². The van der Waals surface area contributed by atoms with Gasteiger partial charge in [-0.1, -0.05) is 48.5 Å². The Kier molecular flexibility index (Phi) is 7.42. The lowest BCUT2D eigenvalue weighted by Gasteiger charge is -2.49. The van der Waals surface area contributed by atoms with E-state index in [1.54, 1.807) is 6.08 Å². The minimum Gasteiger partial charge on any atom is -0.478 e. The molecule has 2 aliphatic carbocycles. The largest absolute Gasteiger partial charge is 0.478 e. The molecule has 0 unspecified atom stereocenters. The van der Waals surface area contributed by atoms with Crippen molar-refractivity contribution in [2.45, 2.75) is 46.6 Å². The molecule has 2 N–H and O–H groups in total. The van der Waals surface area contributed by atoms with Crippen molar-refractivity contribution >= 4 is 16.4 Å². The van der Waals surface area contributed by atoms with Crippen molar-refractivity contribution in [1.29, 1.82) is 0 Å². The van der Waals surface area contributed by atoms with E-state index in [1.807, 2.05) is 19.9 Å². The lowest BCUT2D eigenvalue weighted by Crippen LogP contribution is -2.45. The van der Waals surface area contributed by atoms with E-state index < -0.39 is 22.5 Å². The van der Waals surface area contributed by atoms with E-state index in [-0.39, 0.29) is 29.6 Å². The molecule has 0 bridgehead atoms. The van der Waals surface area contributed by atoms with Crippen LogP contribution >= 0.6 is 0 Å². The van der Waals surface area contributed by atoms with Gasteiger partial charge in [0.15, 0.2) is 0 Å². The summed E-state index contributed by atoms with van der Waals surface area (Å²) in [5, 5.41) is 8.81. The van der Waals surface area contributed by atoms with Gasteiger partial charge in [-0.05, 0) is 57.3 Å². The molecule has 2 aliphatic rings. The number of hydrogen-bond acceptors (Lipinski definition) is 4. The first kappa shape index (κ1) is 22.6. The molecule has 1 saturated carbocycles. The number of carboxylic acids is 1. The highest BCUT2D eigenvalue weighted by molar-refractivity contribution is 7.80. The van der Waals surface area contributed by atoms with E-state index in [0.717, 1.165) is 12.5 Å². The Morgan fingerprint density at radius 3 is 2.54 bits per heavy atom. The molecule has 0 radical (unpaired) electrons. The van der Waals surface area contributed by atoms with Crippen LogP contribution in [0, 0.1) is 29.6 Å². The summed E-state index contributed by atoms with van der Waals surface area (Å²) in [4.78, 5) is 10.7. The van der Waals surface area contributed by atoms with Gasteiger partial charge in [-0.3, -0.25) is 4.55 Å². The number of rotatable bonds is 6. The van der Waals surface area contributed by atoms with Crippen LogP contribution in [-0.2, 0) is 19.4 Å². The van der Waals surface area contributed by atoms with Gasteiger partial charge >= 0.3 is 16.4 Å². The molecule has 0 aromatic carbocycles. The normalized spacial score (nSPS) is 34.5. The van der Waals surface area contributed by atoms with Crippen molar-refractivity contribution in [2.24, 2.45) is 29.6 Å². The maximum atomic E-state index is 11.3. The number of aliphatic carboxylic acids is 1. The van der Waals surface area contributed by atoms with Gasteiger partial charge in [-0.15, -0.1) is 0 Å². The molecule has 6 atom stereocenters. The monoisotopic (exact) mass is 410 g/mol. The molecule has 28 heavy (non-hydrogen) atoms. The van der Waals surface area contributed by atoms with Crippen LogP contribution in [-0.4, -0.2) is 30.2 Å². The second kappa shape index (κ2) is 9.20. The number of hydrogen-bond donors (Lipinski definition) is 2. The number of carboxylic acid groups (broad SMARTS) is 1. The van der Waals surface area contributed by atoms with E-state index in [1.165, 1.54) is 17.2 Å². The Labute approximate surface area is 167 Å². The van der Waals surface area contributed by atoms with Gasteiger partial charge in [0.25, 0.3) is 0 Å². The van der Waals surface area contributed by atoms with E-state index in [2.05, 4.69) is 26.0 Å². The number of carbonyl (C=O) groups is 1. The van der Waals surface area contributed by atoms with Gasteiger partial charge < -0.3 is 5.11 Å². The van der Waals surface area contributed by atoms with Gasteiger partial charge in [-0.25, -0.2) is 8.98 Å². The standard InChI is InChI=1S/C21H30O6S/c1-5-13(2)20-14(3)12-16-10-11-18(27-28(24,25)26)15(4)21(16)17(20)8-6-7-9-19(22)23/h5-9,12,15-18,20-21H,10-11H2,1-4H3,(H,22,23)(H,24,25,26)/b8-6+,9-7+,13-5+/t15-,16-,17-,18-,20+,21-/m1/s1. The summed E-state index contributed by atoms with van der Waals surface area (Å²) in [7, 11) is -4.51. The Hall–Kier alpha value is -1.70. The summed E-state index contributed by atoms with van der Waals surface area (Å²) in [6.07, 6.45) is 11.5. The third-order valence-corrected chi connectivity index (χ3v) is 6.63. The molecular formula is C21H30O6S. The lowest BCUT2D eigenvalue weighted by molar-refractivity contribution is -0.131. The molecule has 0 spiro atoms. The second-order valence-electron chi connectivity index (χ2n) is 7.82. The van der Waals surface area contributed by atoms with Crippen molar-refractivity contribution < 1.29 is 27.1 Å². The molecule has 2 rings (SSSR count). The lowest BCUT2D eigenvalue weighted by atomic mass is 9.57. The third kappa shape index (κ3) is 5.43. The van der Waals surface area contributed by atoms with E-state index in [9.17, 15) is 13.2 Å². The molecule has 0 aromatic heterocycles. The fraction of sp³-hybridized carbons (Fsp3) is 0.571. The van der Waals surface area contributed by atoms with Crippen LogP contribution in [0.1, 0.15) is 40.5 Å². The fourth-order valence-corrected chi connectivity index (χ4v) is 5.54. The molecule has 0 saturated heterocycles. The highest BCUT2D eigenvalue weighted by atomic mass is 32.3. The van der Waals surface area contributed by atoms with Gasteiger partial charge in [0.2, 0.25) is 0 Å². The van der Waals surface area contributed by atoms with Crippen LogP contribution in [0.15, 0.2) is 47.6 Å². The predicted molar refractivity (Wildman–Crippen MR) is 108 cm³/mol. The minimum atomic E-state index is -4.51. The molecule has 6 nitrogen and oxygen atoms in total. The third-order valence-electron chi connectivity index (χ3n) is 6.14. The van der Waals surface area contributed by atoms with Gasteiger partial charge in [0.1, 0.15) is 0 Å². The molecule has 156 valence electrons. The van der Waals surface area contributed by atoms with Crippen molar-refractivity contribution in [3.05, 3.63) is 47.6 Å². The van der Waals surface area contributed by atoms with Crippen LogP contribution in [0.25, 0.3) is 0 Å². The summed E-state index contributed by atoms with van der Waals surface area (Å²) in [5.41, 5.74) is 2.49. The maximum absolute atomic E-state index is 11.3. The Morgan fingerprint density at radius 2 is 1.96 bits per heavy atom. The topological polar surface area (TPSA) is 101 Å². The molecule has 0 heterocycles. The Bertz CT molecular complexity index is 805. The Morgan fingerprint density at radius 1 is 1.29 bits per heavy atom. The van der Waals surface area contributed by atoms with E-state index in [0.29, 0.717) is 6.42 Å². The summed E-state index contributed by atoms with van der Waals surface area (Å²) in [5.74, 6) is -0.444. The smallest absolute Gasteiger partial charge is 0.397 e. The SMILES string of the molecule is C/C=C(\C)[C@H]1C(C)=C[C@H]2CC[C@@H](OS(=O)(=O)O)[C@@H](C)[C@H]2[C@@H]1/C=C/C=C/C(=O)O. The quantitative estimate of drug-likeness (QED) is 0.295. The van der Waals surface area contributed by atoms with Crippen molar-refractivity contribution in [2.75, 3.05) is 0 Å². The molecule has 0 aromatic rings. The van der Waals surface area contributed by atoms with Crippen molar-refractivity contribution in [3.8, 4) is 0 Å². The van der Waals surface area contributed by atoms with Crippen LogP contribution < -0.4 is 0 Å². The maximum Gasteiger partial charge on any atom is 0.397 e. The first-order valence-corrected chi connectivity index (χ1v) is 11.0. The molecule has 0 amide bonds. The summed E-state index contributed by atoms with van der Waals surface area (Å²) >= 11 is 0. The predicted octanol–water partition coefficient (Wildman–Crippen LogP) is 4.19. The molecule has 1 fully saturated rings. The summed E-state index contributed by atoms with van der Waals surface area (Å²) < 4.78 is 36.6. The summed E-state index contributed by atoms with van der Waals surface area (Å²) in [6, 6.07) is 0. The minimum absolute atomic E-state index is 0.0763. The van der Waals surface area contributed by atoms with E-state index >= 15 is 0 Å². The highest BCUT2D eigenvalue weighted by Crippen LogP contribution is 2.51. The zero-order valence-corrected chi connectivity index (χ0v) is 17.6. The van der Waals surface area contributed by atoms with Crippen molar-refractivity contribution in [3.63, 3.8) is 0 Å². The number of allylic oxidation sites excluding steroid dienone is 7. The Balaban J connectivity index is 2.43. The van der Waals surface area contributed by atoms with Gasteiger partial charge in [0.05, 0.1) is 6.10 Å². The number of fused-ring (bicyclic) bond motifs is 1. The fourth-order valence-electron chi connectivity index (χ4n) is 4.95. The first-order valence-electron chi connectivity index (χ1n) is 9.59. The highest BCUT2D eigenvalue weighted by Gasteiger charge is 2.46. The van der Waals surface area contributed by atoms with Crippen LogP contribution in [0.3, 0.4) is 0 Å². The van der Waals surface area contributed by atoms with Crippen LogP contribution in [0.4, 0.5) is 0 Å². The molecular weight excluding hydrogens is 380 g/mol. The van der Waals surface area contributed by atoms with Crippen molar-refractivity contribution in [1.82, 2.24) is 0 Å². The van der Waals surface area contributed by atoms with Gasteiger partial charge in [-0.2, -0.15) is 8.42 Å².